The van der Waals surface area contributed by atoms with E-state index in [0.717, 1.165) is 15.6 Å². The van der Waals surface area contributed by atoms with Crippen LogP contribution in [0, 0.1) is 0 Å². The quantitative estimate of drug-likeness (QED) is 0.702. The molecule has 6 nitrogen and oxygen atoms in total. The summed E-state index contributed by atoms with van der Waals surface area (Å²) in [6.45, 7) is 3.40. The average Bonchev–Trinajstić information content (AvgIpc) is 3.08. The highest BCUT2D eigenvalue weighted by atomic mass is 32.2. The largest absolute Gasteiger partial charge is 0.491 e. The van der Waals surface area contributed by atoms with E-state index in [0.29, 0.717) is 11.4 Å². The topological polar surface area (TPSA) is 72.9 Å². The van der Waals surface area contributed by atoms with E-state index in [1.54, 1.807) is 35.7 Å². The Labute approximate surface area is 145 Å². The summed E-state index contributed by atoms with van der Waals surface area (Å²) in [7, 11) is -2.62. The molecule has 0 fully saturated rings. The first-order chi connectivity index (χ1) is 11.3. The molecule has 24 heavy (non-hydrogen) atoms. The fourth-order valence-electron chi connectivity index (χ4n) is 1.98. The highest BCUT2D eigenvalue weighted by Crippen LogP contribution is 2.28. The first kappa shape index (κ1) is 18.3. The Kier molecular flexibility index (Phi) is 5.84. The zero-order chi connectivity index (χ0) is 17.7. The van der Waals surface area contributed by atoms with Crippen molar-refractivity contribution in [3.63, 3.8) is 0 Å². The second-order valence-electron chi connectivity index (χ2n) is 5.18. The minimum atomic E-state index is -3.84. The van der Waals surface area contributed by atoms with Gasteiger partial charge in [-0.2, -0.15) is 0 Å². The zero-order valence-corrected chi connectivity index (χ0v) is 15.3. The number of nitrogens with zero attached hydrogens (tertiary/aromatic N) is 1. The molecule has 0 amide bonds. The van der Waals surface area contributed by atoms with Gasteiger partial charge >= 0.3 is 5.97 Å². The Hall–Kier alpha value is -2.06. The van der Waals surface area contributed by atoms with E-state index in [4.69, 9.17) is 4.74 Å². The maximum absolute atomic E-state index is 12.8. The molecule has 8 heteroatoms. The molecule has 2 rings (SSSR count). The van der Waals surface area contributed by atoms with Crippen LogP contribution in [-0.2, 0) is 19.6 Å². The number of benzene rings is 1. The molecule has 0 atom stereocenters. The van der Waals surface area contributed by atoms with E-state index >= 15 is 0 Å². The van der Waals surface area contributed by atoms with Crippen LogP contribution in [0.1, 0.15) is 13.8 Å². The number of esters is 1. The lowest BCUT2D eigenvalue weighted by molar-refractivity contribution is -0.138. The standard InChI is InChI=1S/C16H19NO5S2/c1-12(2)22-14-8-6-13(7-9-14)17(11-15(18)21-3)24(19,20)16-5-4-10-23-16/h4-10,12H,11H2,1-3H3. The van der Waals surface area contributed by atoms with Crippen molar-refractivity contribution in [3.8, 4) is 5.75 Å². The molecule has 0 unspecified atom stereocenters. The number of carbonyl (C=O) groups is 1. The molecule has 0 aliphatic heterocycles. The van der Waals surface area contributed by atoms with Crippen LogP contribution in [0.2, 0.25) is 0 Å². The van der Waals surface area contributed by atoms with Crippen molar-refractivity contribution in [1.29, 1.82) is 0 Å². The van der Waals surface area contributed by atoms with E-state index in [9.17, 15) is 13.2 Å². The number of hydrogen-bond acceptors (Lipinski definition) is 6. The van der Waals surface area contributed by atoms with E-state index in [-0.39, 0.29) is 10.3 Å². The van der Waals surface area contributed by atoms with Crippen LogP contribution >= 0.6 is 11.3 Å². The predicted octanol–water partition coefficient (Wildman–Crippen LogP) is 2.90. The van der Waals surface area contributed by atoms with Crippen molar-refractivity contribution in [1.82, 2.24) is 0 Å². The maximum Gasteiger partial charge on any atom is 0.326 e. The Morgan fingerprint density at radius 1 is 1.21 bits per heavy atom. The van der Waals surface area contributed by atoms with E-state index < -0.39 is 22.5 Å². The number of sulfonamides is 1. The third kappa shape index (κ3) is 4.27. The summed E-state index contributed by atoms with van der Waals surface area (Å²) >= 11 is 1.09. The van der Waals surface area contributed by atoms with Crippen molar-refractivity contribution in [2.75, 3.05) is 18.0 Å². The molecular weight excluding hydrogens is 350 g/mol. The normalized spacial score (nSPS) is 11.3. The highest BCUT2D eigenvalue weighted by Gasteiger charge is 2.28. The molecule has 0 saturated heterocycles. The van der Waals surface area contributed by atoms with Crippen LogP contribution in [0.4, 0.5) is 5.69 Å². The first-order valence-corrected chi connectivity index (χ1v) is 9.56. The number of rotatable bonds is 7. The van der Waals surface area contributed by atoms with Gasteiger partial charge in [0.1, 0.15) is 16.5 Å². The number of thiophene rings is 1. The van der Waals surface area contributed by atoms with Crippen molar-refractivity contribution >= 4 is 33.0 Å². The third-order valence-corrected chi connectivity index (χ3v) is 6.18. The molecule has 0 aliphatic carbocycles. The fourth-order valence-corrected chi connectivity index (χ4v) is 4.49. The van der Waals surface area contributed by atoms with Crippen LogP contribution < -0.4 is 9.04 Å². The van der Waals surface area contributed by atoms with E-state index in [1.165, 1.54) is 13.2 Å². The van der Waals surface area contributed by atoms with Crippen LogP contribution in [0.3, 0.4) is 0 Å². The number of anilines is 1. The molecule has 0 bridgehead atoms. The Morgan fingerprint density at radius 3 is 2.38 bits per heavy atom. The lowest BCUT2D eigenvalue weighted by Gasteiger charge is -2.23. The molecular formula is C16H19NO5S2. The summed E-state index contributed by atoms with van der Waals surface area (Å²) in [5, 5.41) is 1.67. The molecule has 1 aromatic heterocycles. The zero-order valence-electron chi connectivity index (χ0n) is 13.6. The van der Waals surface area contributed by atoms with Crippen molar-refractivity contribution in [2.24, 2.45) is 0 Å². The molecule has 2 aromatic rings. The van der Waals surface area contributed by atoms with Crippen LogP contribution in [-0.4, -0.2) is 34.1 Å². The van der Waals surface area contributed by atoms with Crippen molar-refractivity contribution in [2.45, 2.75) is 24.2 Å². The average molecular weight is 369 g/mol. The summed E-state index contributed by atoms with van der Waals surface area (Å²) in [6, 6.07) is 9.69. The lowest BCUT2D eigenvalue weighted by atomic mass is 10.3. The van der Waals surface area contributed by atoms with Gasteiger partial charge in [0, 0.05) is 0 Å². The van der Waals surface area contributed by atoms with Crippen LogP contribution in [0.15, 0.2) is 46.0 Å². The monoisotopic (exact) mass is 369 g/mol. The van der Waals surface area contributed by atoms with Gasteiger partial charge < -0.3 is 9.47 Å². The number of hydrogen-bond donors (Lipinski definition) is 0. The van der Waals surface area contributed by atoms with Gasteiger partial charge in [-0.15, -0.1) is 11.3 Å². The minimum absolute atomic E-state index is 0.0110. The Bertz CT molecular complexity index is 767. The predicted molar refractivity (Wildman–Crippen MR) is 93.1 cm³/mol. The first-order valence-electron chi connectivity index (χ1n) is 7.24. The molecule has 0 radical (unpaired) electrons. The molecule has 0 spiro atoms. The third-order valence-electron chi connectivity index (χ3n) is 3.04. The summed E-state index contributed by atoms with van der Waals surface area (Å²) in [4.78, 5) is 11.7. The van der Waals surface area contributed by atoms with Gasteiger partial charge in [-0.1, -0.05) is 6.07 Å². The summed E-state index contributed by atoms with van der Waals surface area (Å²) in [6.07, 6.45) is 0.0110. The maximum atomic E-state index is 12.8. The molecule has 1 heterocycles. The minimum Gasteiger partial charge on any atom is -0.491 e. The van der Waals surface area contributed by atoms with Gasteiger partial charge in [0.25, 0.3) is 10.0 Å². The van der Waals surface area contributed by atoms with E-state index in [1.807, 2.05) is 13.8 Å². The molecule has 0 saturated carbocycles. The van der Waals surface area contributed by atoms with Gasteiger partial charge in [-0.3, -0.25) is 9.10 Å². The van der Waals surface area contributed by atoms with Gasteiger partial charge in [0.2, 0.25) is 0 Å². The van der Waals surface area contributed by atoms with Gasteiger partial charge in [-0.05, 0) is 49.6 Å². The fraction of sp³-hybridized carbons (Fsp3) is 0.312. The molecule has 0 aliphatic rings. The molecule has 130 valence electrons. The summed E-state index contributed by atoms with van der Waals surface area (Å²) in [5.74, 6) is -0.0158. The number of methoxy groups -OCH3 is 1. The molecule has 0 N–H and O–H groups in total. The number of carbonyl (C=O) groups excluding carboxylic acids is 1. The second kappa shape index (κ2) is 7.67. The second-order valence-corrected chi connectivity index (χ2v) is 8.22. The van der Waals surface area contributed by atoms with Crippen LogP contribution in [0.5, 0.6) is 5.75 Å². The van der Waals surface area contributed by atoms with Gasteiger partial charge in [0.15, 0.2) is 0 Å². The van der Waals surface area contributed by atoms with Crippen molar-refractivity contribution in [3.05, 3.63) is 41.8 Å². The smallest absolute Gasteiger partial charge is 0.326 e. The number of ether oxygens (including phenoxy) is 2. The van der Waals surface area contributed by atoms with E-state index in [2.05, 4.69) is 4.74 Å². The Balaban J connectivity index is 2.38. The SMILES string of the molecule is COC(=O)CN(c1ccc(OC(C)C)cc1)S(=O)(=O)c1cccs1. The van der Waals surface area contributed by atoms with Gasteiger partial charge in [0.05, 0.1) is 18.9 Å². The summed E-state index contributed by atoms with van der Waals surface area (Å²) in [5.41, 5.74) is 0.366. The molecule has 1 aromatic carbocycles. The van der Waals surface area contributed by atoms with Gasteiger partial charge in [-0.25, -0.2) is 8.42 Å². The highest BCUT2D eigenvalue weighted by molar-refractivity contribution is 7.94. The Morgan fingerprint density at radius 2 is 1.88 bits per heavy atom. The summed E-state index contributed by atoms with van der Waals surface area (Å²) < 4.78 is 37.0. The van der Waals surface area contributed by atoms with Crippen LogP contribution in [0.25, 0.3) is 0 Å². The van der Waals surface area contributed by atoms with Crippen molar-refractivity contribution < 1.29 is 22.7 Å². The lowest BCUT2D eigenvalue weighted by Crippen LogP contribution is -2.35.